The lowest BCUT2D eigenvalue weighted by molar-refractivity contribution is 1.31. The summed E-state index contributed by atoms with van der Waals surface area (Å²) < 4.78 is 0. The third-order valence-corrected chi connectivity index (χ3v) is 1.54. The first-order valence-electron chi connectivity index (χ1n) is 4.17. The largest absolute Gasteiger partial charge is 0.279 e. The van der Waals surface area contributed by atoms with Crippen LogP contribution in [-0.4, -0.2) is 10.9 Å². The molecule has 0 fully saturated rings. The van der Waals surface area contributed by atoms with Gasteiger partial charge in [-0.1, -0.05) is 0 Å². The Bertz CT molecular complexity index is 371. The predicted octanol–water partition coefficient (Wildman–Crippen LogP) is 3.23. The summed E-state index contributed by atoms with van der Waals surface area (Å²) in [6.07, 6.45) is 0. The number of anilines is 1. The first-order valence-corrected chi connectivity index (χ1v) is 4.58. The van der Waals surface area contributed by atoms with E-state index in [0.717, 1.165) is 17.1 Å². The van der Waals surface area contributed by atoms with E-state index in [0.29, 0.717) is 0 Å². The number of hydrogen-bond donors (Lipinski definition) is 1. The molecule has 0 saturated carbocycles. The lowest BCUT2D eigenvalue weighted by Crippen LogP contribution is -1.91. The summed E-state index contributed by atoms with van der Waals surface area (Å²) >= 11 is 4.50. The van der Waals surface area contributed by atoms with Crippen molar-refractivity contribution < 1.29 is 0 Å². The Labute approximate surface area is 88.6 Å². The highest BCUT2D eigenvalue weighted by Crippen LogP contribution is 2.15. The molecule has 0 bridgehead atoms. The molecule has 1 aromatic carbocycles. The Morgan fingerprint density at radius 2 is 1.93 bits per heavy atom. The highest BCUT2D eigenvalue weighted by Gasteiger charge is 1.90. The number of rotatable bonds is 3. The predicted molar refractivity (Wildman–Crippen MR) is 63.5 cm³/mol. The van der Waals surface area contributed by atoms with Gasteiger partial charge in [0, 0.05) is 5.71 Å². The average Bonchev–Trinajstić information content (AvgIpc) is 2.17. The van der Waals surface area contributed by atoms with Crippen molar-refractivity contribution in [3.63, 3.8) is 0 Å². The third-order valence-electron chi connectivity index (χ3n) is 1.45. The zero-order chi connectivity index (χ0) is 10.4. The Hall–Kier alpha value is -1.51. The van der Waals surface area contributed by atoms with Crippen LogP contribution in [0.3, 0.4) is 0 Å². The monoisotopic (exact) mass is 205 g/mol. The molecule has 0 saturated heterocycles. The summed E-state index contributed by atoms with van der Waals surface area (Å²) in [5.74, 6) is 0. The second-order valence-electron chi connectivity index (χ2n) is 2.92. The second-order valence-corrected chi connectivity index (χ2v) is 3.10. The number of hydrogen-bond acceptors (Lipinski definition) is 4. The molecule has 1 aromatic rings. The highest BCUT2D eigenvalue weighted by atomic mass is 32.1. The van der Waals surface area contributed by atoms with Crippen LogP contribution in [0.1, 0.15) is 13.8 Å². The average molecular weight is 205 g/mol. The van der Waals surface area contributed by atoms with Gasteiger partial charge < -0.3 is 0 Å². The maximum Gasteiger partial charge on any atom is 0.0741 e. The summed E-state index contributed by atoms with van der Waals surface area (Å²) in [5, 5.41) is 6.38. The second kappa shape index (κ2) is 5.27. The maximum atomic E-state index is 4.50. The summed E-state index contributed by atoms with van der Waals surface area (Å²) in [5.41, 5.74) is 5.61. The van der Waals surface area contributed by atoms with Crippen LogP contribution in [0.2, 0.25) is 0 Å². The minimum atomic E-state index is 0.794. The van der Waals surface area contributed by atoms with Gasteiger partial charge >= 0.3 is 0 Å². The van der Waals surface area contributed by atoms with Crippen molar-refractivity contribution in [1.82, 2.24) is 0 Å². The lowest BCUT2D eigenvalue weighted by Gasteiger charge is -2.00. The third kappa shape index (κ3) is 3.47. The smallest absolute Gasteiger partial charge is 0.0741 e. The van der Waals surface area contributed by atoms with Crippen LogP contribution in [0, 0.1) is 0 Å². The van der Waals surface area contributed by atoms with Crippen molar-refractivity contribution in [1.29, 1.82) is 0 Å². The molecule has 0 heterocycles. The topological polar surface area (TPSA) is 36.8 Å². The normalized spacial score (nSPS) is 8.71. The molecular weight excluding hydrogens is 194 g/mol. The summed E-state index contributed by atoms with van der Waals surface area (Å²) in [6, 6.07) is 7.47. The number of nitrogens with zero attached hydrogens (tertiary/aromatic N) is 2. The van der Waals surface area contributed by atoms with Crippen LogP contribution < -0.4 is 5.43 Å². The Morgan fingerprint density at radius 3 is 2.43 bits per heavy atom. The quantitative estimate of drug-likeness (QED) is 0.467. The number of thiocarbonyl (C=S) groups is 1. The van der Waals surface area contributed by atoms with Crippen LogP contribution in [0.5, 0.6) is 0 Å². The molecule has 0 aliphatic heterocycles. The van der Waals surface area contributed by atoms with Gasteiger partial charge in [0.2, 0.25) is 0 Å². The van der Waals surface area contributed by atoms with E-state index in [1.807, 2.05) is 38.1 Å². The number of aliphatic imine (C=N–C) groups is 1. The Kier molecular flexibility index (Phi) is 3.98. The van der Waals surface area contributed by atoms with E-state index < -0.39 is 0 Å². The number of nitrogens with one attached hydrogen (secondary N) is 1. The van der Waals surface area contributed by atoms with Crippen LogP contribution in [0.4, 0.5) is 11.4 Å². The molecule has 0 atom stereocenters. The molecule has 0 spiro atoms. The molecular formula is C10H11N3S. The number of benzene rings is 1. The standard InChI is InChI=1S/C10H11N3S/c1-8(2)12-13-10-5-3-9(4-6-10)11-7-14/h3-6,13H,1-2H3. The van der Waals surface area contributed by atoms with E-state index in [4.69, 9.17) is 0 Å². The van der Waals surface area contributed by atoms with Crippen molar-refractivity contribution in [2.24, 2.45) is 10.1 Å². The Morgan fingerprint density at radius 1 is 1.29 bits per heavy atom. The van der Waals surface area contributed by atoms with Gasteiger partial charge in [0.15, 0.2) is 0 Å². The van der Waals surface area contributed by atoms with Gasteiger partial charge in [0.25, 0.3) is 0 Å². The van der Waals surface area contributed by atoms with Gasteiger partial charge in [-0.05, 0) is 50.3 Å². The van der Waals surface area contributed by atoms with Crippen molar-refractivity contribution in [3.05, 3.63) is 24.3 Å². The molecule has 0 aliphatic rings. The fraction of sp³-hybridized carbons (Fsp3) is 0.200. The van der Waals surface area contributed by atoms with Crippen LogP contribution >= 0.6 is 12.2 Å². The van der Waals surface area contributed by atoms with Gasteiger partial charge in [0.05, 0.1) is 16.5 Å². The molecule has 1 N–H and O–H groups in total. The SMILES string of the molecule is CC(C)=NNc1ccc(N=C=S)cc1. The molecule has 0 radical (unpaired) electrons. The van der Waals surface area contributed by atoms with Crippen molar-refractivity contribution in [2.45, 2.75) is 13.8 Å². The van der Waals surface area contributed by atoms with Crippen LogP contribution in [0.15, 0.2) is 34.4 Å². The van der Waals surface area contributed by atoms with E-state index in [2.05, 4.69) is 32.9 Å². The molecule has 72 valence electrons. The number of hydrazone groups is 1. The Balaban J connectivity index is 2.73. The van der Waals surface area contributed by atoms with E-state index in [-0.39, 0.29) is 0 Å². The minimum Gasteiger partial charge on any atom is -0.279 e. The molecule has 4 heteroatoms. The summed E-state index contributed by atoms with van der Waals surface area (Å²) in [6.45, 7) is 3.86. The van der Waals surface area contributed by atoms with Gasteiger partial charge in [-0.25, -0.2) is 0 Å². The minimum absolute atomic E-state index is 0.794. The summed E-state index contributed by atoms with van der Waals surface area (Å²) in [4.78, 5) is 3.84. The molecule has 0 amide bonds. The molecule has 0 aliphatic carbocycles. The van der Waals surface area contributed by atoms with Crippen LogP contribution in [0.25, 0.3) is 0 Å². The van der Waals surface area contributed by atoms with Crippen LogP contribution in [-0.2, 0) is 0 Å². The van der Waals surface area contributed by atoms with Gasteiger partial charge in [-0.2, -0.15) is 10.1 Å². The molecule has 14 heavy (non-hydrogen) atoms. The zero-order valence-electron chi connectivity index (χ0n) is 8.11. The lowest BCUT2D eigenvalue weighted by atomic mass is 10.3. The molecule has 3 nitrogen and oxygen atoms in total. The van der Waals surface area contributed by atoms with E-state index in [1.165, 1.54) is 0 Å². The van der Waals surface area contributed by atoms with E-state index in [1.54, 1.807) is 0 Å². The van der Waals surface area contributed by atoms with E-state index in [9.17, 15) is 0 Å². The maximum absolute atomic E-state index is 4.50. The zero-order valence-corrected chi connectivity index (χ0v) is 8.93. The van der Waals surface area contributed by atoms with Gasteiger partial charge in [0.1, 0.15) is 0 Å². The fourth-order valence-corrected chi connectivity index (χ4v) is 0.945. The van der Waals surface area contributed by atoms with Crippen molar-refractivity contribution in [2.75, 3.05) is 5.43 Å². The van der Waals surface area contributed by atoms with Crippen molar-refractivity contribution >= 4 is 34.5 Å². The molecule has 1 rings (SSSR count). The van der Waals surface area contributed by atoms with Crippen molar-refractivity contribution in [3.8, 4) is 0 Å². The summed E-state index contributed by atoms with van der Waals surface area (Å²) in [7, 11) is 0. The van der Waals surface area contributed by atoms with Gasteiger partial charge in [-0.3, -0.25) is 5.43 Å². The van der Waals surface area contributed by atoms with Gasteiger partial charge in [-0.15, -0.1) is 0 Å². The van der Waals surface area contributed by atoms with E-state index >= 15 is 0 Å². The first-order chi connectivity index (χ1) is 6.72. The molecule has 0 unspecified atom stereocenters. The molecule has 0 aromatic heterocycles. The highest BCUT2D eigenvalue weighted by molar-refractivity contribution is 7.78. The first kappa shape index (κ1) is 10.6. The fourth-order valence-electron chi connectivity index (χ4n) is 0.840. The number of isothiocyanates is 1.